The van der Waals surface area contributed by atoms with Gasteiger partial charge < -0.3 is 9.47 Å². The molecule has 0 atom stereocenters. The lowest BCUT2D eigenvalue weighted by Gasteiger charge is -2.16. The van der Waals surface area contributed by atoms with Gasteiger partial charge in [0.25, 0.3) is 0 Å². The molecule has 1 aromatic carbocycles. The van der Waals surface area contributed by atoms with Crippen molar-refractivity contribution in [3.63, 3.8) is 0 Å². The van der Waals surface area contributed by atoms with E-state index in [1.807, 2.05) is 0 Å². The highest BCUT2D eigenvalue weighted by molar-refractivity contribution is 6.08. The minimum Gasteiger partial charge on any atom is -0.493 e. The summed E-state index contributed by atoms with van der Waals surface area (Å²) in [6.45, 7) is 0. The Morgan fingerprint density at radius 3 is 2.64 bits per heavy atom. The maximum absolute atomic E-state index is 12.5. The molecular formula is C18H19NO3. The summed E-state index contributed by atoms with van der Waals surface area (Å²) >= 11 is 0. The van der Waals surface area contributed by atoms with Gasteiger partial charge in [-0.05, 0) is 56.0 Å². The molecule has 4 heteroatoms. The number of ether oxygens (including phenoxy) is 2. The number of carbonyl (C=O) groups is 1. The summed E-state index contributed by atoms with van der Waals surface area (Å²) in [4.78, 5) is 16.6. The summed E-state index contributed by atoms with van der Waals surface area (Å²) in [5, 5.41) is 0. The maximum atomic E-state index is 12.5. The number of benzene rings is 1. The number of hydrogen-bond donors (Lipinski definition) is 0. The second-order valence-electron chi connectivity index (χ2n) is 5.43. The minimum atomic E-state index is -0.112. The van der Waals surface area contributed by atoms with Crippen LogP contribution in [0.15, 0.2) is 42.6 Å². The normalized spacial score (nSPS) is 14.8. The molecule has 0 N–H and O–H groups in total. The van der Waals surface area contributed by atoms with Crippen LogP contribution < -0.4 is 9.47 Å². The second-order valence-corrected chi connectivity index (χ2v) is 5.43. The van der Waals surface area contributed by atoms with Crippen LogP contribution in [0.4, 0.5) is 0 Å². The number of ketones is 1. The molecule has 0 amide bonds. The molecular weight excluding hydrogens is 278 g/mol. The van der Waals surface area contributed by atoms with Crippen molar-refractivity contribution < 1.29 is 14.3 Å². The van der Waals surface area contributed by atoms with E-state index in [0.717, 1.165) is 12.8 Å². The molecule has 0 spiro atoms. The van der Waals surface area contributed by atoms with E-state index in [0.29, 0.717) is 22.8 Å². The Labute approximate surface area is 130 Å². The van der Waals surface area contributed by atoms with E-state index in [-0.39, 0.29) is 11.9 Å². The number of pyridine rings is 1. The number of aromatic nitrogens is 1. The molecule has 3 rings (SSSR count). The monoisotopic (exact) mass is 297 g/mol. The van der Waals surface area contributed by atoms with Crippen LogP contribution in [0, 0.1) is 0 Å². The van der Waals surface area contributed by atoms with Crippen LogP contribution in [0.3, 0.4) is 0 Å². The van der Waals surface area contributed by atoms with Crippen molar-refractivity contribution in [2.45, 2.75) is 31.8 Å². The molecule has 1 saturated carbocycles. The zero-order valence-corrected chi connectivity index (χ0v) is 12.6. The van der Waals surface area contributed by atoms with Gasteiger partial charge in [-0.15, -0.1) is 0 Å². The molecule has 0 bridgehead atoms. The van der Waals surface area contributed by atoms with E-state index in [1.165, 1.54) is 12.8 Å². The molecule has 1 aliphatic rings. The van der Waals surface area contributed by atoms with E-state index < -0.39 is 0 Å². The molecule has 2 aromatic rings. The van der Waals surface area contributed by atoms with Crippen molar-refractivity contribution in [2.75, 3.05) is 7.11 Å². The summed E-state index contributed by atoms with van der Waals surface area (Å²) in [5.41, 5.74) is 0.993. The highest BCUT2D eigenvalue weighted by Crippen LogP contribution is 2.32. The second kappa shape index (κ2) is 6.60. The first kappa shape index (κ1) is 14.6. The summed E-state index contributed by atoms with van der Waals surface area (Å²) < 4.78 is 11.4. The Morgan fingerprint density at radius 1 is 1.14 bits per heavy atom. The number of hydrogen-bond acceptors (Lipinski definition) is 4. The number of methoxy groups -OCH3 is 1. The molecule has 0 saturated heterocycles. The third-order valence-corrected chi connectivity index (χ3v) is 3.92. The summed E-state index contributed by atoms with van der Waals surface area (Å²) in [5.74, 6) is 1.18. The van der Waals surface area contributed by atoms with Crippen LogP contribution in [0.5, 0.6) is 11.5 Å². The van der Waals surface area contributed by atoms with E-state index in [4.69, 9.17) is 9.47 Å². The fourth-order valence-electron chi connectivity index (χ4n) is 2.74. The Kier molecular flexibility index (Phi) is 4.37. The quantitative estimate of drug-likeness (QED) is 0.791. The topological polar surface area (TPSA) is 48.4 Å². The van der Waals surface area contributed by atoms with Gasteiger partial charge in [0.05, 0.1) is 13.2 Å². The van der Waals surface area contributed by atoms with Crippen LogP contribution in [0.25, 0.3) is 0 Å². The van der Waals surface area contributed by atoms with Crippen molar-refractivity contribution in [1.82, 2.24) is 4.98 Å². The van der Waals surface area contributed by atoms with Gasteiger partial charge in [0.15, 0.2) is 11.5 Å². The Bertz CT molecular complexity index is 649. The lowest BCUT2D eigenvalue weighted by Crippen LogP contribution is -2.12. The van der Waals surface area contributed by atoms with E-state index in [1.54, 1.807) is 49.7 Å². The van der Waals surface area contributed by atoms with Crippen LogP contribution >= 0.6 is 0 Å². The fourth-order valence-corrected chi connectivity index (χ4v) is 2.74. The molecule has 114 valence electrons. The van der Waals surface area contributed by atoms with Crippen molar-refractivity contribution in [3.05, 3.63) is 53.9 Å². The van der Waals surface area contributed by atoms with Crippen LogP contribution in [0.1, 0.15) is 41.7 Å². The first-order chi connectivity index (χ1) is 10.8. The molecule has 0 radical (unpaired) electrons. The van der Waals surface area contributed by atoms with Crippen molar-refractivity contribution in [1.29, 1.82) is 0 Å². The largest absolute Gasteiger partial charge is 0.493 e. The zero-order valence-electron chi connectivity index (χ0n) is 12.6. The molecule has 1 fully saturated rings. The van der Waals surface area contributed by atoms with Crippen LogP contribution in [-0.2, 0) is 0 Å². The first-order valence-corrected chi connectivity index (χ1v) is 7.58. The predicted octanol–water partition coefficient (Wildman–Crippen LogP) is 3.64. The number of nitrogens with zero attached hydrogens (tertiary/aromatic N) is 1. The maximum Gasteiger partial charge on any atom is 0.211 e. The lowest BCUT2D eigenvalue weighted by atomic mass is 10.1. The predicted molar refractivity (Wildman–Crippen MR) is 83.5 cm³/mol. The lowest BCUT2D eigenvalue weighted by molar-refractivity contribution is 0.103. The Hall–Kier alpha value is -2.36. The van der Waals surface area contributed by atoms with Crippen molar-refractivity contribution in [3.8, 4) is 11.5 Å². The summed E-state index contributed by atoms with van der Waals surface area (Å²) in [6, 6.07) is 10.6. The average Bonchev–Trinajstić information content (AvgIpc) is 3.08. The number of rotatable bonds is 5. The smallest absolute Gasteiger partial charge is 0.211 e. The van der Waals surface area contributed by atoms with E-state index >= 15 is 0 Å². The third kappa shape index (κ3) is 3.11. The van der Waals surface area contributed by atoms with E-state index in [2.05, 4.69) is 4.98 Å². The van der Waals surface area contributed by atoms with Gasteiger partial charge in [-0.25, -0.2) is 0 Å². The van der Waals surface area contributed by atoms with Gasteiger partial charge in [-0.1, -0.05) is 6.07 Å². The Balaban J connectivity index is 1.87. The third-order valence-electron chi connectivity index (χ3n) is 3.92. The van der Waals surface area contributed by atoms with Gasteiger partial charge in [0.2, 0.25) is 5.78 Å². The van der Waals surface area contributed by atoms with Crippen molar-refractivity contribution in [2.24, 2.45) is 0 Å². The summed E-state index contributed by atoms with van der Waals surface area (Å²) in [7, 11) is 1.61. The fraction of sp³-hybridized carbons (Fsp3) is 0.333. The highest BCUT2D eigenvalue weighted by Gasteiger charge is 2.20. The van der Waals surface area contributed by atoms with Gasteiger partial charge >= 0.3 is 0 Å². The highest BCUT2D eigenvalue weighted by atomic mass is 16.5. The van der Waals surface area contributed by atoms with Crippen molar-refractivity contribution >= 4 is 5.78 Å². The van der Waals surface area contributed by atoms with Gasteiger partial charge in [0.1, 0.15) is 5.69 Å². The molecule has 1 aromatic heterocycles. The Morgan fingerprint density at radius 2 is 1.95 bits per heavy atom. The number of carbonyl (C=O) groups excluding carboxylic acids is 1. The average molecular weight is 297 g/mol. The SMILES string of the molecule is COc1ccc(C(=O)c2ccccn2)cc1OC1CCCC1. The van der Waals surface area contributed by atoms with Crippen LogP contribution in [-0.4, -0.2) is 24.0 Å². The molecule has 0 unspecified atom stereocenters. The zero-order chi connectivity index (χ0) is 15.4. The summed E-state index contributed by atoms with van der Waals surface area (Å²) in [6.07, 6.45) is 6.34. The first-order valence-electron chi connectivity index (χ1n) is 7.58. The van der Waals surface area contributed by atoms with Crippen LogP contribution in [0.2, 0.25) is 0 Å². The minimum absolute atomic E-state index is 0.112. The molecule has 1 heterocycles. The van der Waals surface area contributed by atoms with Gasteiger partial charge in [0, 0.05) is 11.8 Å². The molecule has 22 heavy (non-hydrogen) atoms. The molecule has 4 nitrogen and oxygen atoms in total. The molecule has 0 aliphatic heterocycles. The molecule has 1 aliphatic carbocycles. The van der Waals surface area contributed by atoms with E-state index in [9.17, 15) is 4.79 Å². The van der Waals surface area contributed by atoms with Gasteiger partial charge in [-0.3, -0.25) is 9.78 Å². The van der Waals surface area contributed by atoms with Gasteiger partial charge in [-0.2, -0.15) is 0 Å². The standard InChI is InChI=1S/C18H19NO3/c1-21-16-10-9-13(18(20)15-8-4-5-11-19-15)12-17(16)22-14-6-2-3-7-14/h4-5,8-12,14H,2-3,6-7H2,1H3.